The summed E-state index contributed by atoms with van der Waals surface area (Å²) < 4.78 is 40.2. The summed E-state index contributed by atoms with van der Waals surface area (Å²) in [5.41, 5.74) is -2.78. The van der Waals surface area contributed by atoms with E-state index in [1.165, 1.54) is 10.9 Å². The Morgan fingerprint density at radius 2 is 2.10 bits per heavy atom. The van der Waals surface area contributed by atoms with Gasteiger partial charge in [-0.2, -0.15) is 18.3 Å². The molecule has 0 amide bonds. The minimum Gasteiger partial charge on any atom is -0.366 e. The zero-order valence-electron chi connectivity index (χ0n) is 11.2. The molecule has 2 aliphatic carbocycles. The van der Waals surface area contributed by atoms with Crippen LogP contribution in [0.4, 0.5) is 18.9 Å². The number of hydrogen-bond acceptors (Lipinski definition) is 3. The predicted molar refractivity (Wildman–Crippen MR) is 72.5 cm³/mol. The van der Waals surface area contributed by atoms with Crippen LogP contribution < -0.4 is 10.9 Å². The molecule has 1 heterocycles. The van der Waals surface area contributed by atoms with Gasteiger partial charge in [-0.1, -0.05) is 18.0 Å². The Morgan fingerprint density at radius 3 is 2.57 bits per heavy atom. The summed E-state index contributed by atoms with van der Waals surface area (Å²) in [5, 5.41) is 6.18. The van der Waals surface area contributed by atoms with Gasteiger partial charge >= 0.3 is 6.18 Å². The molecule has 116 valence electrons. The van der Waals surface area contributed by atoms with Gasteiger partial charge in [0.1, 0.15) is 11.2 Å². The standard InChI is InChI=1S/C13H15ClF3N3O/c14-9-6-18-20(7-8-2-1-3-8)11(21)10(9)19-12(4-5-12)13(15,16)17/h6,8,19H,1-5,7H2. The van der Waals surface area contributed by atoms with Crippen LogP contribution in [0.5, 0.6) is 0 Å². The number of alkyl halides is 3. The fraction of sp³-hybridized carbons (Fsp3) is 0.692. The van der Waals surface area contributed by atoms with E-state index in [0.29, 0.717) is 12.5 Å². The van der Waals surface area contributed by atoms with Gasteiger partial charge in [-0.25, -0.2) is 4.68 Å². The Hall–Kier alpha value is -1.24. The average molecular weight is 322 g/mol. The highest BCUT2D eigenvalue weighted by molar-refractivity contribution is 6.33. The van der Waals surface area contributed by atoms with Crippen molar-refractivity contribution in [2.75, 3.05) is 5.32 Å². The molecular weight excluding hydrogens is 307 g/mol. The maximum Gasteiger partial charge on any atom is 0.411 e. The highest BCUT2D eigenvalue weighted by Crippen LogP contribution is 2.51. The quantitative estimate of drug-likeness (QED) is 0.926. The monoisotopic (exact) mass is 321 g/mol. The molecule has 0 saturated heterocycles. The van der Waals surface area contributed by atoms with E-state index in [1.807, 2.05) is 0 Å². The SMILES string of the molecule is O=c1c(NC2(C(F)(F)F)CC2)c(Cl)cnn1CC1CCC1. The summed E-state index contributed by atoms with van der Waals surface area (Å²) in [5.74, 6) is 0.377. The molecule has 3 rings (SSSR count). The second kappa shape index (κ2) is 4.90. The number of rotatable bonds is 4. The Balaban J connectivity index is 1.87. The summed E-state index contributed by atoms with van der Waals surface area (Å²) in [7, 11) is 0. The summed E-state index contributed by atoms with van der Waals surface area (Å²) in [4.78, 5) is 12.3. The van der Waals surface area contributed by atoms with Crippen LogP contribution in [0, 0.1) is 5.92 Å². The van der Waals surface area contributed by atoms with E-state index in [2.05, 4.69) is 10.4 Å². The lowest BCUT2D eigenvalue weighted by Crippen LogP contribution is -2.41. The number of nitrogens with one attached hydrogen (secondary N) is 1. The lowest BCUT2D eigenvalue weighted by Gasteiger charge is -2.26. The van der Waals surface area contributed by atoms with Crippen molar-refractivity contribution in [1.82, 2.24) is 9.78 Å². The van der Waals surface area contributed by atoms with Crippen molar-refractivity contribution in [2.24, 2.45) is 5.92 Å². The number of anilines is 1. The fourth-order valence-electron chi connectivity index (χ4n) is 2.48. The molecule has 2 fully saturated rings. The molecule has 0 radical (unpaired) electrons. The molecule has 4 nitrogen and oxygen atoms in total. The van der Waals surface area contributed by atoms with Gasteiger partial charge < -0.3 is 5.32 Å². The van der Waals surface area contributed by atoms with Crippen LogP contribution in [0.25, 0.3) is 0 Å². The van der Waals surface area contributed by atoms with E-state index >= 15 is 0 Å². The maximum atomic E-state index is 13.0. The van der Waals surface area contributed by atoms with Crippen LogP contribution in [0.3, 0.4) is 0 Å². The van der Waals surface area contributed by atoms with E-state index < -0.39 is 17.3 Å². The number of aromatic nitrogens is 2. The highest BCUT2D eigenvalue weighted by atomic mass is 35.5. The smallest absolute Gasteiger partial charge is 0.366 e. The minimum absolute atomic E-state index is 0.0444. The molecule has 0 bridgehead atoms. The summed E-state index contributed by atoms with van der Waals surface area (Å²) in [6.45, 7) is 0.434. The van der Waals surface area contributed by atoms with Gasteiger partial charge in [0.05, 0.1) is 11.2 Å². The zero-order chi connectivity index (χ0) is 15.3. The van der Waals surface area contributed by atoms with Gasteiger partial charge in [-0.15, -0.1) is 0 Å². The molecule has 2 aliphatic rings. The second-order valence-corrected chi connectivity index (χ2v) is 6.26. The highest BCUT2D eigenvalue weighted by Gasteiger charge is 2.64. The van der Waals surface area contributed by atoms with Crippen molar-refractivity contribution in [1.29, 1.82) is 0 Å². The van der Waals surface area contributed by atoms with E-state index in [4.69, 9.17) is 11.6 Å². The summed E-state index contributed by atoms with van der Waals surface area (Å²) in [6, 6.07) is 0. The van der Waals surface area contributed by atoms with Crippen LogP contribution in [0.1, 0.15) is 32.1 Å². The maximum absolute atomic E-state index is 13.0. The molecule has 0 spiro atoms. The molecular formula is C13H15ClF3N3O. The Kier molecular flexibility index (Phi) is 3.43. The third-order valence-electron chi connectivity index (χ3n) is 4.31. The lowest BCUT2D eigenvalue weighted by atomic mass is 9.85. The number of hydrogen-bond donors (Lipinski definition) is 1. The Bertz CT molecular complexity index is 606. The van der Waals surface area contributed by atoms with Crippen molar-refractivity contribution < 1.29 is 13.2 Å². The molecule has 1 aromatic rings. The van der Waals surface area contributed by atoms with Crippen LogP contribution >= 0.6 is 11.6 Å². The molecule has 1 N–H and O–H groups in total. The van der Waals surface area contributed by atoms with E-state index in [1.54, 1.807) is 0 Å². The third-order valence-corrected chi connectivity index (χ3v) is 4.60. The van der Waals surface area contributed by atoms with Crippen molar-refractivity contribution in [3.63, 3.8) is 0 Å². The molecule has 8 heteroatoms. The van der Waals surface area contributed by atoms with Crippen LogP contribution in [0.15, 0.2) is 11.0 Å². The number of halogens is 4. The lowest BCUT2D eigenvalue weighted by molar-refractivity contribution is -0.151. The Labute approximate surface area is 124 Å². The fourth-order valence-corrected chi connectivity index (χ4v) is 2.65. The largest absolute Gasteiger partial charge is 0.411 e. The normalized spacial score (nSPS) is 21.0. The molecule has 0 aliphatic heterocycles. The average Bonchev–Trinajstić information content (AvgIpc) is 3.12. The van der Waals surface area contributed by atoms with Crippen LogP contribution in [-0.2, 0) is 6.54 Å². The van der Waals surface area contributed by atoms with Crippen molar-refractivity contribution >= 4 is 17.3 Å². The first-order valence-corrected chi connectivity index (χ1v) is 7.31. The zero-order valence-corrected chi connectivity index (χ0v) is 12.0. The molecule has 0 aromatic carbocycles. The predicted octanol–water partition coefficient (Wildman–Crippen LogP) is 3.20. The molecule has 21 heavy (non-hydrogen) atoms. The van der Waals surface area contributed by atoms with Gasteiger partial charge in [0.25, 0.3) is 5.56 Å². The molecule has 1 aromatic heterocycles. The van der Waals surface area contributed by atoms with E-state index in [0.717, 1.165) is 19.3 Å². The first kappa shape index (κ1) is 14.7. The van der Waals surface area contributed by atoms with E-state index in [9.17, 15) is 18.0 Å². The number of nitrogens with zero attached hydrogens (tertiary/aromatic N) is 2. The van der Waals surface area contributed by atoms with Gasteiger partial charge in [0.2, 0.25) is 0 Å². The first-order valence-electron chi connectivity index (χ1n) is 6.93. The second-order valence-electron chi connectivity index (χ2n) is 5.86. The van der Waals surface area contributed by atoms with Crippen LogP contribution in [-0.4, -0.2) is 21.5 Å². The van der Waals surface area contributed by atoms with E-state index in [-0.39, 0.29) is 23.6 Å². The first-order chi connectivity index (χ1) is 9.82. The van der Waals surface area contributed by atoms with Crippen molar-refractivity contribution in [2.45, 2.75) is 50.4 Å². The van der Waals surface area contributed by atoms with Gasteiger partial charge in [0, 0.05) is 6.54 Å². The summed E-state index contributed by atoms with van der Waals surface area (Å²) in [6.07, 6.45) is -0.0943. The minimum atomic E-state index is -4.40. The third kappa shape index (κ3) is 2.63. The van der Waals surface area contributed by atoms with Crippen LogP contribution in [0.2, 0.25) is 5.02 Å². The molecule has 2 saturated carbocycles. The van der Waals surface area contributed by atoms with Gasteiger partial charge in [-0.3, -0.25) is 4.79 Å². The Morgan fingerprint density at radius 1 is 1.43 bits per heavy atom. The van der Waals surface area contributed by atoms with Crippen molar-refractivity contribution in [3.8, 4) is 0 Å². The van der Waals surface area contributed by atoms with Gasteiger partial charge in [0.15, 0.2) is 0 Å². The summed E-state index contributed by atoms with van der Waals surface area (Å²) >= 11 is 5.86. The molecule has 0 unspecified atom stereocenters. The van der Waals surface area contributed by atoms with Crippen molar-refractivity contribution in [3.05, 3.63) is 21.6 Å². The van der Waals surface area contributed by atoms with Gasteiger partial charge in [-0.05, 0) is 31.6 Å². The topological polar surface area (TPSA) is 46.9 Å². The molecule has 0 atom stereocenters.